The minimum atomic E-state index is -1.38. The van der Waals surface area contributed by atoms with E-state index in [1.54, 1.807) is 54.2 Å². The number of amides is 1. The van der Waals surface area contributed by atoms with E-state index in [4.69, 9.17) is 0 Å². The molecular formula is C26H20FN3O4S. The van der Waals surface area contributed by atoms with Gasteiger partial charge < -0.3 is 5.32 Å². The van der Waals surface area contributed by atoms with Gasteiger partial charge in [-0.05, 0) is 23.8 Å². The predicted octanol–water partition coefficient (Wildman–Crippen LogP) is 4.55. The molecule has 0 radical (unpaired) electrons. The molecule has 0 aliphatic carbocycles. The van der Waals surface area contributed by atoms with E-state index in [0.717, 1.165) is 5.56 Å². The highest BCUT2D eigenvalue weighted by atomic mass is 32.2. The van der Waals surface area contributed by atoms with Gasteiger partial charge >= 0.3 is 0 Å². The van der Waals surface area contributed by atoms with Gasteiger partial charge in [0, 0.05) is 52.5 Å². The van der Waals surface area contributed by atoms with Gasteiger partial charge in [0.1, 0.15) is 11.4 Å². The monoisotopic (exact) mass is 489 g/mol. The summed E-state index contributed by atoms with van der Waals surface area (Å²) in [5.74, 6) is -1.10. The van der Waals surface area contributed by atoms with Crippen molar-refractivity contribution in [3.05, 3.63) is 105 Å². The summed E-state index contributed by atoms with van der Waals surface area (Å²) in [4.78, 5) is 40.9. The molecule has 6 rings (SSSR count). The van der Waals surface area contributed by atoms with Crippen LogP contribution in [0.25, 0.3) is 0 Å². The van der Waals surface area contributed by atoms with Crippen molar-refractivity contribution in [1.82, 2.24) is 4.90 Å². The van der Waals surface area contributed by atoms with E-state index in [2.05, 4.69) is 5.32 Å². The first-order valence-electron chi connectivity index (χ1n) is 11.2. The third kappa shape index (κ3) is 3.08. The van der Waals surface area contributed by atoms with E-state index in [0.29, 0.717) is 28.4 Å². The second kappa shape index (κ2) is 8.00. The van der Waals surface area contributed by atoms with Gasteiger partial charge in [-0.25, -0.2) is 4.39 Å². The number of non-ortho nitro benzene ring substituents is 1. The van der Waals surface area contributed by atoms with Crippen LogP contribution in [-0.4, -0.2) is 39.2 Å². The Labute approximate surface area is 204 Å². The third-order valence-electron chi connectivity index (χ3n) is 7.41. The molecular weight excluding hydrogens is 469 g/mol. The van der Waals surface area contributed by atoms with Crippen LogP contribution in [0.4, 0.5) is 15.8 Å². The Morgan fingerprint density at radius 2 is 1.86 bits per heavy atom. The largest absolute Gasteiger partial charge is 0.324 e. The summed E-state index contributed by atoms with van der Waals surface area (Å²) in [5.41, 5.74) is 0.754. The number of fused-ring (bicyclic) bond motifs is 4. The summed E-state index contributed by atoms with van der Waals surface area (Å²) in [7, 11) is 0. The zero-order chi connectivity index (χ0) is 24.3. The molecule has 176 valence electrons. The summed E-state index contributed by atoms with van der Waals surface area (Å²) >= 11 is 1.66. The van der Waals surface area contributed by atoms with Gasteiger partial charge in [0.25, 0.3) is 5.69 Å². The Morgan fingerprint density at radius 3 is 2.57 bits per heavy atom. The Morgan fingerprint density at radius 1 is 1.11 bits per heavy atom. The molecule has 4 atom stereocenters. The molecule has 3 aromatic rings. The Balaban J connectivity index is 1.60. The first-order valence-corrected chi connectivity index (χ1v) is 12.4. The average Bonchev–Trinajstić information content (AvgIpc) is 3.53. The Kier molecular flexibility index (Phi) is 5.01. The van der Waals surface area contributed by atoms with Gasteiger partial charge in [-0.1, -0.05) is 42.5 Å². The van der Waals surface area contributed by atoms with Gasteiger partial charge in [-0.15, -0.1) is 11.8 Å². The van der Waals surface area contributed by atoms with Crippen LogP contribution in [0, 0.1) is 21.8 Å². The van der Waals surface area contributed by atoms with Gasteiger partial charge in [-0.2, -0.15) is 0 Å². The quantitative estimate of drug-likeness (QED) is 0.328. The molecule has 1 spiro atoms. The fraction of sp³-hybridized carbons (Fsp3) is 0.231. The number of halogens is 1. The van der Waals surface area contributed by atoms with Crippen molar-refractivity contribution in [1.29, 1.82) is 0 Å². The molecule has 3 aliphatic heterocycles. The van der Waals surface area contributed by atoms with E-state index in [1.165, 1.54) is 24.3 Å². The Hall–Kier alpha value is -3.56. The Bertz CT molecular complexity index is 1370. The fourth-order valence-electron chi connectivity index (χ4n) is 6.02. The fourth-order valence-corrected chi connectivity index (χ4v) is 7.35. The summed E-state index contributed by atoms with van der Waals surface area (Å²) < 4.78 is 14.5. The number of carbonyl (C=O) groups is 2. The van der Waals surface area contributed by atoms with Crippen molar-refractivity contribution in [2.45, 2.75) is 17.5 Å². The highest BCUT2D eigenvalue weighted by molar-refractivity contribution is 7.99. The third-order valence-corrected chi connectivity index (χ3v) is 8.45. The minimum Gasteiger partial charge on any atom is -0.324 e. The molecule has 2 saturated heterocycles. The van der Waals surface area contributed by atoms with E-state index < -0.39 is 28.1 Å². The van der Waals surface area contributed by atoms with Crippen LogP contribution in [0.2, 0.25) is 0 Å². The van der Waals surface area contributed by atoms with Crippen LogP contribution in [0.15, 0.2) is 72.8 Å². The lowest BCUT2D eigenvalue weighted by Gasteiger charge is -2.36. The number of carbonyl (C=O) groups excluding carboxylic acids is 2. The zero-order valence-electron chi connectivity index (χ0n) is 18.4. The van der Waals surface area contributed by atoms with Crippen LogP contribution in [0.5, 0.6) is 0 Å². The maximum absolute atomic E-state index is 14.5. The lowest BCUT2D eigenvalue weighted by Crippen LogP contribution is -2.52. The van der Waals surface area contributed by atoms with Gasteiger partial charge in [-0.3, -0.25) is 24.6 Å². The minimum absolute atomic E-state index is 0.0453. The maximum Gasteiger partial charge on any atom is 0.269 e. The summed E-state index contributed by atoms with van der Waals surface area (Å²) in [6, 6.07) is 19.0. The van der Waals surface area contributed by atoms with Crippen molar-refractivity contribution < 1.29 is 18.9 Å². The number of nitrogens with one attached hydrogen (secondary N) is 1. The number of thioether (sulfide) groups is 1. The summed E-state index contributed by atoms with van der Waals surface area (Å²) in [6.45, 7) is 0. The topological polar surface area (TPSA) is 92.5 Å². The SMILES string of the molecule is O=C(c1ccccc1)[C@@H]1[C@@H](c2ccc([N+](=O)[O-])cc2)[C@@H]2CSCN2[C@@]12C(=O)Nc1ccc(F)cc12. The number of hydrogen-bond acceptors (Lipinski definition) is 6. The molecule has 35 heavy (non-hydrogen) atoms. The van der Waals surface area contributed by atoms with E-state index >= 15 is 0 Å². The lowest BCUT2D eigenvalue weighted by molar-refractivity contribution is -0.384. The molecule has 9 heteroatoms. The number of nitrogens with zero attached hydrogens (tertiary/aromatic N) is 2. The lowest BCUT2D eigenvalue weighted by atomic mass is 9.69. The summed E-state index contributed by atoms with van der Waals surface area (Å²) in [6.07, 6.45) is 0. The molecule has 3 aliphatic rings. The summed E-state index contributed by atoms with van der Waals surface area (Å²) in [5, 5.41) is 14.1. The molecule has 1 N–H and O–H groups in total. The smallest absolute Gasteiger partial charge is 0.269 e. The van der Waals surface area contributed by atoms with Gasteiger partial charge in [0.15, 0.2) is 5.78 Å². The highest BCUT2D eigenvalue weighted by Crippen LogP contribution is 2.61. The molecule has 0 saturated carbocycles. The number of rotatable bonds is 4. The molecule has 0 aromatic heterocycles. The molecule has 2 fully saturated rings. The second-order valence-corrected chi connectivity index (χ2v) is 10.0. The van der Waals surface area contributed by atoms with E-state index in [1.807, 2.05) is 11.0 Å². The predicted molar refractivity (Wildman–Crippen MR) is 130 cm³/mol. The number of nitro groups is 1. The first-order chi connectivity index (χ1) is 16.9. The number of Topliss-reactive ketones (excluding diaryl/α,β-unsaturated/α-hetero) is 1. The first kappa shape index (κ1) is 21.9. The molecule has 1 amide bonds. The number of nitro benzene ring substituents is 1. The van der Waals surface area contributed by atoms with Crippen molar-refractivity contribution >= 4 is 34.8 Å². The second-order valence-electron chi connectivity index (χ2n) is 9.03. The number of anilines is 1. The van der Waals surface area contributed by atoms with Crippen LogP contribution >= 0.6 is 11.8 Å². The van der Waals surface area contributed by atoms with Crippen molar-refractivity contribution in [2.24, 2.45) is 5.92 Å². The number of hydrogen-bond donors (Lipinski definition) is 1. The normalized spacial score (nSPS) is 27.0. The zero-order valence-corrected chi connectivity index (χ0v) is 19.2. The highest BCUT2D eigenvalue weighted by Gasteiger charge is 2.69. The van der Waals surface area contributed by atoms with Crippen molar-refractivity contribution in [2.75, 3.05) is 16.9 Å². The molecule has 7 nitrogen and oxygen atoms in total. The van der Waals surface area contributed by atoms with Crippen LogP contribution < -0.4 is 5.32 Å². The van der Waals surface area contributed by atoms with Gasteiger partial charge in [0.05, 0.1) is 10.8 Å². The van der Waals surface area contributed by atoms with E-state index in [9.17, 15) is 24.1 Å². The average molecular weight is 490 g/mol. The number of ketones is 1. The molecule has 3 heterocycles. The van der Waals surface area contributed by atoms with Crippen LogP contribution in [0.1, 0.15) is 27.4 Å². The van der Waals surface area contributed by atoms with Crippen molar-refractivity contribution in [3.63, 3.8) is 0 Å². The van der Waals surface area contributed by atoms with Crippen LogP contribution in [0.3, 0.4) is 0 Å². The van der Waals surface area contributed by atoms with Crippen LogP contribution in [-0.2, 0) is 10.3 Å². The number of benzene rings is 3. The van der Waals surface area contributed by atoms with Crippen molar-refractivity contribution in [3.8, 4) is 0 Å². The molecule has 0 unspecified atom stereocenters. The standard InChI is InChI=1S/C26H20FN3O4S/c27-17-8-11-20-19(12-17)26(25(32)28-20)23(24(31)16-4-2-1-3-5-16)22(21-13-35-14-29(21)26)15-6-9-18(10-7-15)30(33)34/h1-12,21-23H,13-14H2,(H,28,32)/t21-,22-,23-,26+/m0/s1. The molecule has 0 bridgehead atoms. The molecule has 3 aromatic carbocycles. The maximum atomic E-state index is 14.5. The van der Waals surface area contributed by atoms with Gasteiger partial charge in [0.2, 0.25) is 5.91 Å². The van der Waals surface area contributed by atoms with E-state index in [-0.39, 0.29) is 23.4 Å².